The van der Waals surface area contributed by atoms with Crippen LogP contribution in [0.5, 0.6) is 0 Å². The van der Waals surface area contributed by atoms with Crippen molar-refractivity contribution in [2.75, 3.05) is 18.0 Å². The number of allylic oxidation sites excluding steroid dienone is 2. The van der Waals surface area contributed by atoms with E-state index in [9.17, 15) is 4.79 Å². The van der Waals surface area contributed by atoms with Crippen molar-refractivity contribution in [1.82, 2.24) is 4.90 Å². The smallest absolute Gasteiger partial charge is 0.237 e. The summed E-state index contributed by atoms with van der Waals surface area (Å²) in [5, 5.41) is 0. The third-order valence-corrected chi connectivity index (χ3v) is 4.47. The predicted octanol–water partition coefficient (Wildman–Crippen LogP) is 3.67. The molecular weight excluding hydrogens is 268 g/mol. The minimum atomic E-state index is 0.197. The summed E-state index contributed by atoms with van der Waals surface area (Å²) in [4.78, 5) is 15.4. The summed E-state index contributed by atoms with van der Waals surface area (Å²) in [5.74, 6) is 0.678. The fourth-order valence-corrected chi connectivity index (χ4v) is 3.17. The second-order valence-corrected chi connectivity index (χ2v) is 5.99. The number of benzene rings is 1. The van der Waals surface area contributed by atoms with E-state index in [4.69, 9.17) is 5.73 Å². The van der Waals surface area contributed by atoms with Crippen molar-refractivity contribution in [3.05, 3.63) is 36.0 Å². The molecule has 3 nitrogen and oxygen atoms in total. The van der Waals surface area contributed by atoms with Gasteiger partial charge in [-0.25, -0.2) is 0 Å². The molecule has 0 unspecified atom stereocenters. The standard InChI is InChI=1S/C16H22N2OS/c1-2-18(14-6-4-3-5-7-14)16(19)12-20-15-10-8-13(17)9-11-15/h6,8-11H,2-5,7,12,17H2,1H3. The second kappa shape index (κ2) is 7.39. The number of carbonyl (C=O) groups excluding carboxylic acids is 1. The molecule has 108 valence electrons. The van der Waals surface area contributed by atoms with Gasteiger partial charge in [0, 0.05) is 22.8 Å². The SMILES string of the molecule is CCN(C(=O)CSc1ccc(N)cc1)C1=CCCCC1. The third-order valence-electron chi connectivity index (χ3n) is 3.47. The number of nitrogens with zero attached hydrogens (tertiary/aromatic N) is 1. The largest absolute Gasteiger partial charge is 0.399 e. The molecule has 0 bridgehead atoms. The summed E-state index contributed by atoms with van der Waals surface area (Å²) >= 11 is 1.57. The van der Waals surface area contributed by atoms with Crippen LogP contribution in [0.2, 0.25) is 0 Å². The Morgan fingerprint density at radius 1 is 1.30 bits per heavy atom. The zero-order chi connectivity index (χ0) is 14.4. The quantitative estimate of drug-likeness (QED) is 0.665. The summed E-state index contributed by atoms with van der Waals surface area (Å²) in [6.07, 6.45) is 6.80. The fourth-order valence-electron chi connectivity index (χ4n) is 2.39. The van der Waals surface area contributed by atoms with E-state index in [1.807, 2.05) is 36.1 Å². The Morgan fingerprint density at radius 3 is 2.65 bits per heavy atom. The van der Waals surface area contributed by atoms with Crippen LogP contribution in [0.1, 0.15) is 32.6 Å². The van der Waals surface area contributed by atoms with Crippen LogP contribution in [0.15, 0.2) is 40.9 Å². The number of rotatable bonds is 5. The van der Waals surface area contributed by atoms with Crippen molar-refractivity contribution in [3.8, 4) is 0 Å². The van der Waals surface area contributed by atoms with Crippen LogP contribution in [0, 0.1) is 0 Å². The maximum absolute atomic E-state index is 12.4. The van der Waals surface area contributed by atoms with Crippen LogP contribution in [0.3, 0.4) is 0 Å². The molecule has 0 heterocycles. The number of nitrogens with two attached hydrogens (primary N) is 1. The molecule has 1 aromatic rings. The average Bonchev–Trinajstić information content (AvgIpc) is 2.48. The second-order valence-electron chi connectivity index (χ2n) is 4.94. The lowest BCUT2D eigenvalue weighted by molar-refractivity contribution is -0.126. The molecule has 0 fully saturated rings. The minimum Gasteiger partial charge on any atom is -0.399 e. The molecule has 0 aliphatic heterocycles. The number of carbonyl (C=O) groups is 1. The molecule has 1 aliphatic carbocycles. The van der Waals surface area contributed by atoms with Crippen LogP contribution in [-0.4, -0.2) is 23.1 Å². The van der Waals surface area contributed by atoms with Crippen LogP contribution in [-0.2, 0) is 4.79 Å². The topological polar surface area (TPSA) is 46.3 Å². The van der Waals surface area contributed by atoms with E-state index in [1.165, 1.54) is 18.5 Å². The molecule has 4 heteroatoms. The summed E-state index contributed by atoms with van der Waals surface area (Å²) in [6, 6.07) is 7.66. The first kappa shape index (κ1) is 15.0. The van der Waals surface area contributed by atoms with Gasteiger partial charge in [-0.2, -0.15) is 0 Å². The molecule has 0 atom stereocenters. The summed E-state index contributed by atoms with van der Waals surface area (Å²) in [6.45, 7) is 2.80. The number of hydrogen-bond acceptors (Lipinski definition) is 3. The minimum absolute atomic E-state index is 0.197. The van der Waals surface area contributed by atoms with Crippen molar-refractivity contribution < 1.29 is 4.79 Å². The van der Waals surface area contributed by atoms with Gasteiger partial charge in [0.05, 0.1) is 5.75 Å². The van der Waals surface area contributed by atoms with Gasteiger partial charge in [0.2, 0.25) is 5.91 Å². The van der Waals surface area contributed by atoms with Crippen molar-refractivity contribution in [1.29, 1.82) is 0 Å². The number of nitrogen functional groups attached to an aromatic ring is 1. The Hall–Kier alpha value is -1.42. The molecule has 0 saturated heterocycles. The summed E-state index contributed by atoms with van der Waals surface area (Å²) in [7, 11) is 0. The Labute approximate surface area is 125 Å². The molecule has 0 saturated carbocycles. The summed E-state index contributed by atoms with van der Waals surface area (Å²) in [5.41, 5.74) is 7.62. The zero-order valence-electron chi connectivity index (χ0n) is 12.0. The highest BCUT2D eigenvalue weighted by atomic mass is 32.2. The predicted molar refractivity (Wildman–Crippen MR) is 85.5 cm³/mol. The van der Waals surface area contributed by atoms with Gasteiger partial charge in [0.15, 0.2) is 0 Å². The van der Waals surface area contributed by atoms with Gasteiger partial charge >= 0.3 is 0 Å². The molecule has 0 aromatic heterocycles. The first-order valence-corrected chi connectivity index (χ1v) is 8.17. The molecule has 0 spiro atoms. The lowest BCUT2D eigenvalue weighted by Crippen LogP contribution is -2.32. The van der Waals surface area contributed by atoms with Gasteiger partial charge in [-0.3, -0.25) is 4.79 Å². The number of thioether (sulfide) groups is 1. The van der Waals surface area contributed by atoms with Crippen molar-refractivity contribution in [3.63, 3.8) is 0 Å². The highest BCUT2D eigenvalue weighted by Crippen LogP contribution is 2.24. The van der Waals surface area contributed by atoms with E-state index in [0.717, 1.165) is 30.0 Å². The van der Waals surface area contributed by atoms with Gasteiger partial charge in [-0.1, -0.05) is 6.08 Å². The summed E-state index contributed by atoms with van der Waals surface area (Å²) < 4.78 is 0. The van der Waals surface area contributed by atoms with Gasteiger partial charge in [-0.15, -0.1) is 11.8 Å². The van der Waals surface area contributed by atoms with E-state index in [-0.39, 0.29) is 5.91 Å². The lowest BCUT2D eigenvalue weighted by atomic mass is 10.0. The lowest BCUT2D eigenvalue weighted by Gasteiger charge is -2.26. The van der Waals surface area contributed by atoms with Crippen LogP contribution < -0.4 is 5.73 Å². The molecule has 2 N–H and O–H groups in total. The van der Waals surface area contributed by atoms with E-state index >= 15 is 0 Å². The molecular formula is C16H22N2OS. The Bertz CT molecular complexity index is 482. The van der Waals surface area contributed by atoms with Crippen molar-refractivity contribution in [2.24, 2.45) is 0 Å². The average molecular weight is 290 g/mol. The Kier molecular flexibility index (Phi) is 5.53. The molecule has 1 aliphatic rings. The maximum Gasteiger partial charge on any atom is 0.237 e. The number of anilines is 1. The van der Waals surface area contributed by atoms with Gasteiger partial charge < -0.3 is 10.6 Å². The van der Waals surface area contributed by atoms with Gasteiger partial charge in [0.25, 0.3) is 0 Å². The molecule has 1 aromatic carbocycles. The Morgan fingerprint density at radius 2 is 2.05 bits per heavy atom. The molecule has 0 radical (unpaired) electrons. The van der Waals surface area contributed by atoms with E-state index in [0.29, 0.717) is 5.75 Å². The van der Waals surface area contributed by atoms with E-state index < -0.39 is 0 Å². The Balaban J connectivity index is 1.92. The normalized spacial score (nSPS) is 14.8. The number of amides is 1. The van der Waals surface area contributed by atoms with Crippen LogP contribution in [0.25, 0.3) is 0 Å². The molecule has 2 rings (SSSR count). The molecule has 20 heavy (non-hydrogen) atoms. The fraction of sp³-hybridized carbons (Fsp3) is 0.438. The van der Waals surface area contributed by atoms with Crippen LogP contribution >= 0.6 is 11.8 Å². The number of hydrogen-bond donors (Lipinski definition) is 1. The zero-order valence-corrected chi connectivity index (χ0v) is 12.8. The van der Waals surface area contributed by atoms with Crippen molar-refractivity contribution in [2.45, 2.75) is 37.5 Å². The monoisotopic (exact) mass is 290 g/mol. The third kappa shape index (κ3) is 4.04. The first-order chi connectivity index (χ1) is 9.70. The van der Waals surface area contributed by atoms with E-state index in [1.54, 1.807) is 11.8 Å². The maximum atomic E-state index is 12.4. The first-order valence-electron chi connectivity index (χ1n) is 7.18. The highest BCUT2D eigenvalue weighted by Gasteiger charge is 2.17. The van der Waals surface area contributed by atoms with Gasteiger partial charge in [-0.05, 0) is 56.9 Å². The van der Waals surface area contributed by atoms with Crippen LogP contribution in [0.4, 0.5) is 5.69 Å². The molecule has 1 amide bonds. The highest BCUT2D eigenvalue weighted by molar-refractivity contribution is 8.00. The van der Waals surface area contributed by atoms with Crippen molar-refractivity contribution >= 4 is 23.4 Å². The van der Waals surface area contributed by atoms with E-state index in [2.05, 4.69) is 6.08 Å². The van der Waals surface area contributed by atoms with Gasteiger partial charge in [0.1, 0.15) is 0 Å².